The lowest BCUT2D eigenvalue weighted by Gasteiger charge is -2.29. The van der Waals surface area contributed by atoms with E-state index in [0.717, 1.165) is 0 Å². The van der Waals surface area contributed by atoms with Crippen molar-refractivity contribution in [1.82, 2.24) is 14.5 Å². The molecule has 7 heteroatoms. The lowest BCUT2D eigenvalue weighted by molar-refractivity contribution is 0.0693. The fourth-order valence-corrected chi connectivity index (χ4v) is 4.13. The molecule has 1 atom stereocenters. The fourth-order valence-electron chi connectivity index (χ4n) is 3.79. The number of rotatable bonds is 5. The Kier molecular flexibility index (Phi) is 6.31. The summed E-state index contributed by atoms with van der Waals surface area (Å²) in [4.78, 5) is 33.3. The van der Waals surface area contributed by atoms with E-state index in [1.54, 1.807) is 65.6 Å². The van der Waals surface area contributed by atoms with E-state index in [1.165, 1.54) is 4.57 Å². The van der Waals surface area contributed by atoms with Crippen LogP contribution in [0.3, 0.4) is 0 Å². The maximum Gasteiger partial charge on any atom is 0.266 e. The van der Waals surface area contributed by atoms with E-state index in [4.69, 9.17) is 28.2 Å². The molecule has 1 aromatic heterocycles. The molecule has 0 radical (unpaired) electrons. The van der Waals surface area contributed by atoms with Crippen LogP contribution in [0.2, 0.25) is 10.0 Å². The number of hydrogen-bond donors (Lipinski definition) is 0. The smallest absolute Gasteiger partial charge is 0.266 e. The van der Waals surface area contributed by atoms with Gasteiger partial charge < -0.3 is 4.90 Å². The minimum absolute atomic E-state index is 0.176. The molecule has 0 bridgehead atoms. The number of amides is 1. The van der Waals surface area contributed by atoms with E-state index in [0.29, 0.717) is 44.6 Å². The standard InChI is InChI=1S/C25H21Cl2N3O2/c1-3-29(24(31)17-12-14-18(26)15-13-17)16(2)23-28-21-10-6-4-8-19(21)25(32)30(23)22-11-7-5-9-20(22)27/h4-16H,3H2,1-2H3. The molecule has 0 saturated carbocycles. The largest absolute Gasteiger partial charge is 0.329 e. The van der Waals surface area contributed by atoms with Crippen molar-refractivity contribution in [2.45, 2.75) is 19.9 Å². The van der Waals surface area contributed by atoms with E-state index in [1.807, 2.05) is 26.0 Å². The zero-order chi connectivity index (χ0) is 22.8. The molecule has 0 aliphatic heterocycles. The van der Waals surface area contributed by atoms with Gasteiger partial charge in [0.05, 0.1) is 27.7 Å². The molecule has 4 rings (SSSR count). The molecule has 0 saturated heterocycles. The first kappa shape index (κ1) is 22.1. The first-order valence-corrected chi connectivity index (χ1v) is 11.0. The van der Waals surface area contributed by atoms with E-state index in [2.05, 4.69) is 0 Å². The Morgan fingerprint density at radius 1 is 1.00 bits per heavy atom. The van der Waals surface area contributed by atoms with Gasteiger partial charge in [-0.2, -0.15) is 0 Å². The molecule has 4 aromatic rings. The zero-order valence-electron chi connectivity index (χ0n) is 17.6. The highest BCUT2D eigenvalue weighted by molar-refractivity contribution is 6.32. The molecule has 1 amide bonds. The molecular weight excluding hydrogens is 445 g/mol. The van der Waals surface area contributed by atoms with Crippen LogP contribution in [0.1, 0.15) is 36.1 Å². The summed E-state index contributed by atoms with van der Waals surface area (Å²) in [5.74, 6) is 0.260. The highest BCUT2D eigenvalue weighted by Gasteiger charge is 2.27. The lowest BCUT2D eigenvalue weighted by atomic mass is 10.1. The average Bonchev–Trinajstić information content (AvgIpc) is 2.80. The third kappa shape index (κ3) is 4.01. The van der Waals surface area contributed by atoms with Gasteiger partial charge in [-0.3, -0.25) is 14.2 Å². The predicted octanol–water partition coefficient (Wildman–Crippen LogP) is 5.92. The maximum absolute atomic E-state index is 13.5. The Balaban J connectivity index is 1.91. The van der Waals surface area contributed by atoms with Crippen molar-refractivity contribution in [2.24, 2.45) is 0 Å². The highest BCUT2D eigenvalue weighted by atomic mass is 35.5. The summed E-state index contributed by atoms with van der Waals surface area (Å²) in [6.07, 6.45) is 0. The molecule has 5 nitrogen and oxygen atoms in total. The van der Waals surface area contributed by atoms with Gasteiger partial charge in [0.2, 0.25) is 0 Å². The Morgan fingerprint density at radius 2 is 1.66 bits per heavy atom. The third-order valence-electron chi connectivity index (χ3n) is 5.43. The van der Waals surface area contributed by atoms with Crippen molar-refractivity contribution in [3.8, 4) is 5.69 Å². The fraction of sp³-hybridized carbons (Fsp3) is 0.160. The zero-order valence-corrected chi connectivity index (χ0v) is 19.1. The number of fused-ring (bicyclic) bond motifs is 1. The number of carbonyl (C=O) groups excluding carboxylic acids is 1. The van der Waals surface area contributed by atoms with Crippen LogP contribution >= 0.6 is 23.2 Å². The number of halogens is 2. The Labute approximate surface area is 195 Å². The average molecular weight is 466 g/mol. The molecule has 0 aliphatic carbocycles. The topological polar surface area (TPSA) is 55.2 Å². The molecular formula is C25H21Cl2N3O2. The van der Waals surface area contributed by atoms with Gasteiger partial charge in [0.1, 0.15) is 5.82 Å². The van der Waals surface area contributed by atoms with Crippen LogP contribution in [0, 0.1) is 0 Å². The number of nitrogens with zero attached hydrogens (tertiary/aromatic N) is 3. The van der Waals surface area contributed by atoms with E-state index < -0.39 is 6.04 Å². The second-order valence-corrected chi connectivity index (χ2v) is 8.20. The summed E-state index contributed by atoms with van der Waals surface area (Å²) in [6.45, 7) is 4.18. The van der Waals surface area contributed by atoms with Crippen molar-refractivity contribution < 1.29 is 4.79 Å². The third-order valence-corrected chi connectivity index (χ3v) is 6.00. The van der Waals surface area contributed by atoms with Crippen LogP contribution in [-0.4, -0.2) is 26.9 Å². The van der Waals surface area contributed by atoms with Crippen LogP contribution in [0.4, 0.5) is 0 Å². The van der Waals surface area contributed by atoms with Crippen LogP contribution < -0.4 is 5.56 Å². The SMILES string of the molecule is CCN(C(=O)c1ccc(Cl)cc1)C(C)c1nc2ccccc2c(=O)n1-c1ccccc1Cl. The number of carbonyl (C=O) groups is 1. The molecule has 3 aromatic carbocycles. The van der Waals surface area contributed by atoms with Gasteiger partial charge in [-0.05, 0) is 62.4 Å². The van der Waals surface area contributed by atoms with E-state index in [-0.39, 0.29) is 11.5 Å². The Morgan fingerprint density at radius 3 is 2.34 bits per heavy atom. The minimum Gasteiger partial charge on any atom is -0.329 e. The van der Waals surface area contributed by atoms with Gasteiger partial charge in [0.25, 0.3) is 11.5 Å². The first-order chi connectivity index (χ1) is 15.4. The number of benzene rings is 3. The summed E-state index contributed by atoms with van der Waals surface area (Å²) < 4.78 is 1.51. The van der Waals surface area contributed by atoms with Crippen molar-refractivity contribution in [3.05, 3.63) is 105 Å². The van der Waals surface area contributed by atoms with E-state index in [9.17, 15) is 9.59 Å². The first-order valence-electron chi connectivity index (χ1n) is 10.3. The second-order valence-electron chi connectivity index (χ2n) is 7.35. The Bertz CT molecular complexity index is 1350. The van der Waals surface area contributed by atoms with Gasteiger partial charge in [0.15, 0.2) is 0 Å². The second kappa shape index (κ2) is 9.15. The minimum atomic E-state index is -0.503. The van der Waals surface area contributed by atoms with Crippen molar-refractivity contribution in [2.75, 3.05) is 6.54 Å². The van der Waals surface area contributed by atoms with Crippen molar-refractivity contribution in [1.29, 1.82) is 0 Å². The predicted molar refractivity (Wildman–Crippen MR) is 129 cm³/mol. The van der Waals surface area contributed by atoms with Crippen LogP contribution in [0.25, 0.3) is 16.6 Å². The molecule has 1 unspecified atom stereocenters. The number of para-hydroxylation sites is 2. The summed E-state index contributed by atoms with van der Waals surface area (Å²) >= 11 is 12.4. The van der Waals surface area contributed by atoms with Gasteiger partial charge >= 0.3 is 0 Å². The Hall–Kier alpha value is -3.15. The highest BCUT2D eigenvalue weighted by Crippen LogP contribution is 2.27. The van der Waals surface area contributed by atoms with Gasteiger partial charge in [-0.15, -0.1) is 0 Å². The van der Waals surface area contributed by atoms with Crippen molar-refractivity contribution >= 4 is 40.0 Å². The quantitative estimate of drug-likeness (QED) is 0.367. The summed E-state index contributed by atoms with van der Waals surface area (Å²) in [7, 11) is 0. The molecule has 0 spiro atoms. The van der Waals surface area contributed by atoms with Crippen LogP contribution in [0.15, 0.2) is 77.6 Å². The molecule has 1 heterocycles. The van der Waals surface area contributed by atoms with E-state index >= 15 is 0 Å². The summed E-state index contributed by atoms with van der Waals surface area (Å²) in [5.41, 5.74) is 1.36. The van der Waals surface area contributed by atoms with Crippen molar-refractivity contribution in [3.63, 3.8) is 0 Å². The number of aromatic nitrogens is 2. The molecule has 0 N–H and O–H groups in total. The van der Waals surface area contributed by atoms with Crippen LogP contribution in [-0.2, 0) is 0 Å². The van der Waals surface area contributed by atoms with Gasteiger partial charge in [0, 0.05) is 17.1 Å². The normalized spacial score (nSPS) is 12.0. The summed E-state index contributed by atoms with van der Waals surface area (Å²) in [6, 6.07) is 20.5. The molecule has 32 heavy (non-hydrogen) atoms. The monoisotopic (exact) mass is 465 g/mol. The van der Waals surface area contributed by atoms with Crippen LogP contribution in [0.5, 0.6) is 0 Å². The number of hydrogen-bond acceptors (Lipinski definition) is 3. The molecule has 0 fully saturated rings. The van der Waals surface area contributed by atoms with Gasteiger partial charge in [-0.25, -0.2) is 4.98 Å². The molecule has 162 valence electrons. The maximum atomic E-state index is 13.5. The lowest BCUT2D eigenvalue weighted by Crippen LogP contribution is -2.37. The molecule has 0 aliphatic rings. The summed E-state index contributed by atoms with van der Waals surface area (Å²) in [5, 5.41) is 1.46. The van der Waals surface area contributed by atoms with Gasteiger partial charge in [-0.1, -0.05) is 47.5 Å².